The van der Waals surface area contributed by atoms with Gasteiger partial charge in [-0.3, -0.25) is 10.1 Å². The van der Waals surface area contributed by atoms with E-state index in [-0.39, 0.29) is 5.69 Å². The first-order chi connectivity index (χ1) is 9.06. The molecule has 0 aliphatic heterocycles. The Morgan fingerprint density at radius 2 is 1.84 bits per heavy atom. The lowest BCUT2D eigenvalue weighted by molar-refractivity contribution is -0.384. The smallest absolute Gasteiger partial charge is 0.273 e. The molecule has 0 aromatic heterocycles. The molecule has 0 saturated carbocycles. The van der Waals surface area contributed by atoms with Gasteiger partial charge in [0, 0.05) is 6.07 Å². The van der Waals surface area contributed by atoms with Crippen LogP contribution in [0.5, 0.6) is 11.5 Å². The second-order valence-corrected chi connectivity index (χ2v) is 4.10. The predicted molar refractivity (Wildman–Crippen MR) is 70.2 cm³/mol. The van der Waals surface area contributed by atoms with E-state index in [4.69, 9.17) is 4.74 Å². The van der Waals surface area contributed by atoms with Crippen molar-refractivity contribution in [3.05, 3.63) is 64.2 Å². The monoisotopic (exact) mass is 259 g/mol. The van der Waals surface area contributed by atoms with Crippen molar-refractivity contribution in [1.29, 1.82) is 0 Å². The Labute approximate surface area is 110 Å². The van der Waals surface area contributed by atoms with E-state index in [1.54, 1.807) is 43.3 Å². The molecule has 98 valence electrons. The Bertz CT molecular complexity index is 578. The van der Waals surface area contributed by atoms with E-state index in [2.05, 4.69) is 0 Å². The van der Waals surface area contributed by atoms with Crippen LogP contribution in [-0.2, 0) is 0 Å². The maximum absolute atomic E-state index is 10.6. The van der Waals surface area contributed by atoms with Crippen molar-refractivity contribution >= 4 is 5.69 Å². The van der Waals surface area contributed by atoms with Gasteiger partial charge in [0.15, 0.2) is 0 Å². The van der Waals surface area contributed by atoms with Gasteiger partial charge in [0.1, 0.15) is 11.5 Å². The number of rotatable bonds is 4. The van der Waals surface area contributed by atoms with Crippen molar-refractivity contribution in [3.63, 3.8) is 0 Å². The van der Waals surface area contributed by atoms with Crippen LogP contribution in [0.15, 0.2) is 48.5 Å². The fourth-order valence-corrected chi connectivity index (χ4v) is 1.61. The third kappa shape index (κ3) is 3.29. The number of non-ortho nitro benzene ring substituents is 1. The third-order valence-corrected chi connectivity index (χ3v) is 2.63. The van der Waals surface area contributed by atoms with Crippen LogP contribution in [0.3, 0.4) is 0 Å². The zero-order chi connectivity index (χ0) is 13.8. The highest BCUT2D eigenvalue weighted by atomic mass is 16.6. The molecule has 1 atom stereocenters. The zero-order valence-electron chi connectivity index (χ0n) is 10.3. The van der Waals surface area contributed by atoms with Gasteiger partial charge in [-0.05, 0) is 30.7 Å². The van der Waals surface area contributed by atoms with Gasteiger partial charge in [0.25, 0.3) is 5.69 Å². The molecule has 2 rings (SSSR count). The number of benzene rings is 2. The van der Waals surface area contributed by atoms with Crippen LogP contribution < -0.4 is 4.74 Å². The van der Waals surface area contributed by atoms with Gasteiger partial charge >= 0.3 is 0 Å². The molecule has 2 aromatic carbocycles. The first kappa shape index (κ1) is 13.0. The molecule has 0 radical (unpaired) electrons. The molecule has 5 heteroatoms. The molecule has 0 aliphatic rings. The van der Waals surface area contributed by atoms with Crippen LogP contribution in [0, 0.1) is 10.1 Å². The van der Waals surface area contributed by atoms with Crippen molar-refractivity contribution in [1.82, 2.24) is 0 Å². The summed E-state index contributed by atoms with van der Waals surface area (Å²) in [6.07, 6.45) is -0.535. The zero-order valence-corrected chi connectivity index (χ0v) is 10.3. The summed E-state index contributed by atoms with van der Waals surface area (Å²) in [5.74, 6) is 0.962. The minimum absolute atomic E-state index is 0.0156. The highest BCUT2D eigenvalue weighted by Gasteiger charge is 2.07. The maximum atomic E-state index is 10.6. The Balaban J connectivity index is 2.16. The molecular formula is C14H13NO4. The molecule has 0 saturated heterocycles. The minimum atomic E-state index is -0.535. The average molecular weight is 259 g/mol. The molecule has 1 N–H and O–H groups in total. The highest BCUT2D eigenvalue weighted by molar-refractivity contribution is 5.41. The SMILES string of the molecule is C[C@@H](O)c1ccc(Oc2cccc([N+](=O)[O-])c2)cc1. The summed E-state index contributed by atoms with van der Waals surface area (Å²) in [5.41, 5.74) is 0.768. The fourth-order valence-electron chi connectivity index (χ4n) is 1.61. The van der Waals surface area contributed by atoms with E-state index in [0.29, 0.717) is 11.5 Å². The standard InChI is InChI=1S/C14H13NO4/c1-10(16)11-5-7-13(8-6-11)19-14-4-2-3-12(9-14)15(17)18/h2-10,16H,1H3/t10-/m1/s1. The summed E-state index contributed by atoms with van der Waals surface area (Å²) in [6, 6.07) is 12.9. The lowest BCUT2D eigenvalue weighted by Gasteiger charge is -2.08. The minimum Gasteiger partial charge on any atom is -0.457 e. The molecule has 0 unspecified atom stereocenters. The second-order valence-electron chi connectivity index (χ2n) is 4.10. The van der Waals surface area contributed by atoms with Gasteiger partial charge in [-0.15, -0.1) is 0 Å². The third-order valence-electron chi connectivity index (χ3n) is 2.63. The van der Waals surface area contributed by atoms with E-state index in [1.807, 2.05) is 0 Å². The Morgan fingerprint density at radius 1 is 1.16 bits per heavy atom. The van der Waals surface area contributed by atoms with Crippen molar-refractivity contribution < 1.29 is 14.8 Å². The predicted octanol–water partition coefficient (Wildman–Crippen LogP) is 3.44. The first-order valence-corrected chi connectivity index (χ1v) is 5.76. The Morgan fingerprint density at radius 3 is 2.42 bits per heavy atom. The van der Waals surface area contributed by atoms with Crippen LogP contribution in [0.2, 0.25) is 0 Å². The van der Waals surface area contributed by atoms with Crippen LogP contribution in [0.25, 0.3) is 0 Å². The second kappa shape index (κ2) is 5.49. The molecule has 0 spiro atoms. The fraction of sp³-hybridized carbons (Fsp3) is 0.143. The van der Waals surface area contributed by atoms with E-state index in [1.165, 1.54) is 12.1 Å². The summed E-state index contributed by atoms with van der Waals surface area (Å²) < 4.78 is 5.52. The van der Waals surface area contributed by atoms with Gasteiger partial charge in [-0.1, -0.05) is 18.2 Å². The largest absolute Gasteiger partial charge is 0.457 e. The number of nitrogens with zero attached hydrogens (tertiary/aromatic N) is 1. The number of ether oxygens (including phenoxy) is 1. The van der Waals surface area contributed by atoms with Gasteiger partial charge in [-0.2, -0.15) is 0 Å². The molecular weight excluding hydrogens is 246 g/mol. The van der Waals surface area contributed by atoms with Gasteiger partial charge in [0.05, 0.1) is 17.1 Å². The summed E-state index contributed by atoms with van der Waals surface area (Å²) in [7, 11) is 0. The quantitative estimate of drug-likeness (QED) is 0.674. The molecule has 0 amide bonds. The molecule has 0 aliphatic carbocycles. The van der Waals surface area contributed by atoms with E-state index >= 15 is 0 Å². The van der Waals surface area contributed by atoms with Gasteiger partial charge in [-0.25, -0.2) is 0 Å². The number of aliphatic hydroxyl groups is 1. The van der Waals surface area contributed by atoms with Gasteiger partial charge in [0.2, 0.25) is 0 Å². The lowest BCUT2D eigenvalue weighted by Crippen LogP contribution is -1.91. The highest BCUT2D eigenvalue weighted by Crippen LogP contribution is 2.26. The molecule has 0 heterocycles. The number of aliphatic hydroxyl groups excluding tert-OH is 1. The van der Waals surface area contributed by atoms with Crippen LogP contribution in [-0.4, -0.2) is 10.0 Å². The molecule has 19 heavy (non-hydrogen) atoms. The summed E-state index contributed by atoms with van der Waals surface area (Å²) in [4.78, 5) is 10.2. The maximum Gasteiger partial charge on any atom is 0.273 e. The topological polar surface area (TPSA) is 72.6 Å². The van der Waals surface area contributed by atoms with Crippen LogP contribution in [0.1, 0.15) is 18.6 Å². The number of nitro benzene ring substituents is 1. The van der Waals surface area contributed by atoms with Gasteiger partial charge < -0.3 is 9.84 Å². The van der Waals surface area contributed by atoms with Crippen molar-refractivity contribution in [2.24, 2.45) is 0 Å². The molecule has 0 bridgehead atoms. The van der Waals surface area contributed by atoms with E-state index in [0.717, 1.165) is 5.56 Å². The molecule has 2 aromatic rings. The summed E-state index contributed by atoms with van der Waals surface area (Å²) >= 11 is 0. The molecule has 0 fully saturated rings. The summed E-state index contributed by atoms with van der Waals surface area (Å²) in [5, 5.41) is 20.0. The number of nitro groups is 1. The Kier molecular flexibility index (Phi) is 3.77. The molecule has 5 nitrogen and oxygen atoms in total. The van der Waals surface area contributed by atoms with Crippen LogP contribution in [0.4, 0.5) is 5.69 Å². The normalized spacial score (nSPS) is 11.9. The number of hydrogen-bond donors (Lipinski definition) is 1. The first-order valence-electron chi connectivity index (χ1n) is 5.76. The van der Waals surface area contributed by atoms with Crippen molar-refractivity contribution in [2.45, 2.75) is 13.0 Å². The average Bonchev–Trinajstić information content (AvgIpc) is 2.39. The van der Waals surface area contributed by atoms with E-state index in [9.17, 15) is 15.2 Å². The van der Waals surface area contributed by atoms with Crippen molar-refractivity contribution in [2.75, 3.05) is 0 Å². The summed E-state index contributed by atoms with van der Waals surface area (Å²) in [6.45, 7) is 1.68. The Hall–Kier alpha value is -2.40. The number of hydrogen-bond acceptors (Lipinski definition) is 4. The lowest BCUT2D eigenvalue weighted by atomic mass is 10.1. The van der Waals surface area contributed by atoms with E-state index < -0.39 is 11.0 Å². The van der Waals surface area contributed by atoms with Crippen LogP contribution >= 0.6 is 0 Å². The van der Waals surface area contributed by atoms with Crippen molar-refractivity contribution in [3.8, 4) is 11.5 Å².